The average Bonchev–Trinajstić information content (AvgIpc) is 2.71. The molecule has 1 aromatic heterocycles. The van der Waals surface area contributed by atoms with Crippen LogP contribution in [0.3, 0.4) is 0 Å². The first kappa shape index (κ1) is 9.97. The Hall–Kier alpha value is -1.57. The Morgan fingerprint density at radius 3 is 2.40 bits per heavy atom. The molecular weight excluding hydrogens is 184 g/mol. The van der Waals surface area contributed by atoms with Crippen LogP contribution < -0.4 is 0 Å². The van der Waals surface area contributed by atoms with Crippen LogP contribution in [0.5, 0.6) is 0 Å². The molecule has 0 saturated carbocycles. The maximum absolute atomic E-state index is 3.94. The number of rotatable bonds is 3. The summed E-state index contributed by atoms with van der Waals surface area (Å²) in [5.74, 6) is 0.711. The van der Waals surface area contributed by atoms with Crippen LogP contribution in [0.25, 0.3) is 11.3 Å². The van der Waals surface area contributed by atoms with E-state index in [9.17, 15) is 0 Å². The van der Waals surface area contributed by atoms with Gasteiger partial charge in [0, 0.05) is 6.20 Å². The molecule has 0 radical (unpaired) electrons. The van der Waals surface area contributed by atoms with E-state index >= 15 is 0 Å². The van der Waals surface area contributed by atoms with Gasteiger partial charge in [-0.15, -0.1) is 0 Å². The van der Waals surface area contributed by atoms with Crippen LogP contribution in [0.1, 0.15) is 19.4 Å². The molecule has 0 bridgehead atoms. The van der Waals surface area contributed by atoms with Gasteiger partial charge in [-0.3, -0.25) is 5.10 Å². The molecule has 1 heterocycles. The topological polar surface area (TPSA) is 28.7 Å². The molecule has 15 heavy (non-hydrogen) atoms. The zero-order valence-electron chi connectivity index (χ0n) is 9.20. The summed E-state index contributed by atoms with van der Waals surface area (Å²) in [6, 6.07) is 10.7. The van der Waals surface area contributed by atoms with Gasteiger partial charge in [-0.1, -0.05) is 38.1 Å². The SMILES string of the molecule is CC(C)Cc1ccc(-c2ccn[nH]2)cc1. The quantitative estimate of drug-likeness (QED) is 0.809. The molecule has 0 saturated heterocycles. The number of H-pyrrole nitrogens is 1. The molecule has 1 aromatic carbocycles. The van der Waals surface area contributed by atoms with Gasteiger partial charge in [0.1, 0.15) is 0 Å². The van der Waals surface area contributed by atoms with E-state index in [0.717, 1.165) is 12.1 Å². The van der Waals surface area contributed by atoms with E-state index in [0.29, 0.717) is 5.92 Å². The molecular formula is C13H16N2. The maximum Gasteiger partial charge on any atom is 0.0650 e. The molecule has 2 nitrogen and oxygen atoms in total. The van der Waals surface area contributed by atoms with Crippen LogP contribution in [0.2, 0.25) is 0 Å². The fourth-order valence-corrected chi connectivity index (χ4v) is 1.71. The first-order valence-electron chi connectivity index (χ1n) is 5.34. The van der Waals surface area contributed by atoms with Crippen molar-refractivity contribution in [3.8, 4) is 11.3 Å². The molecule has 0 aliphatic heterocycles. The fourth-order valence-electron chi connectivity index (χ4n) is 1.71. The van der Waals surface area contributed by atoms with Crippen molar-refractivity contribution in [2.75, 3.05) is 0 Å². The Labute approximate surface area is 90.3 Å². The number of hydrogen-bond acceptors (Lipinski definition) is 1. The lowest BCUT2D eigenvalue weighted by Gasteiger charge is -2.05. The first-order chi connectivity index (χ1) is 7.25. The van der Waals surface area contributed by atoms with Gasteiger partial charge in [-0.05, 0) is 29.5 Å². The van der Waals surface area contributed by atoms with E-state index in [4.69, 9.17) is 0 Å². The van der Waals surface area contributed by atoms with Crippen molar-refractivity contribution in [2.45, 2.75) is 20.3 Å². The van der Waals surface area contributed by atoms with Crippen molar-refractivity contribution in [2.24, 2.45) is 5.92 Å². The van der Waals surface area contributed by atoms with Crippen LogP contribution in [-0.2, 0) is 6.42 Å². The molecule has 2 rings (SSSR count). The van der Waals surface area contributed by atoms with E-state index < -0.39 is 0 Å². The number of hydrogen-bond donors (Lipinski definition) is 1. The summed E-state index contributed by atoms with van der Waals surface area (Å²) < 4.78 is 0. The van der Waals surface area contributed by atoms with Gasteiger partial charge in [-0.2, -0.15) is 5.10 Å². The van der Waals surface area contributed by atoms with Gasteiger partial charge >= 0.3 is 0 Å². The normalized spacial score (nSPS) is 10.9. The monoisotopic (exact) mass is 200 g/mol. The second kappa shape index (κ2) is 4.30. The highest BCUT2D eigenvalue weighted by Gasteiger charge is 2.00. The highest BCUT2D eigenvalue weighted by Crippen LogP contribution is 2.17. The van der Waals surface area contributed by atoms with Crippen LogP contribution in [-0.4, -0.2) is 10.2 Å². The number of nitrogens with one attached hydrogen (secondary N) is 1. The number of benzene rings is 1. The molecule has 2 aromatic rings. The average molecular weight is 200 g/mol. The highest BCUT2D eigenvalue weighted by atomic mass is 15.1. The Balaban J connectivity index is 2.17. The zero-order chi connectivity index (χ0) is 10.7. The molecule has 0 unspecified atom stereocenters. The molecule has 1 N–H and O–H groups in total. The lowest BCUT2D eigenvalue weighted by Crippen LogP contribution is -1.93. The predicted molar refractivity (Wildman–Crippen MR) is 62.6 cm³/mol. The first-order valence-corrected chi connectivity index (χ1v) is 5.34. The van der Waals surface area contributed by atoms with Gasteiger partial charge in [-0.25, -0.2) is 0 Å². The van der Waals surface area contributed by atoms with Crippen LogP contribution in [0, 0.1) is 5.92 Å². The van der Waals surface area contributed by atoms with Crippen molar-refractivity contribution in [1.29, 1.82) is 0 Å². The van der Waals surface area contributed by atoms with E-state index in [1.807, 2.05) is 6.07 Å². The predicted octanol–water partition coefficient (Wildman–Crippen LogP) is 3.28. The summed E-state index contributed by atoms with van der Waals surface area (Å²) in [5.41, 5.74) is 3.67. The van der Waals surface area contributed by atoms with Crippen LogP contribution in [0.15, 0.2) is 36.5 Å². The largest absolute Gasteiger partial charge is 0.278 e. The standard InChI is InChI=1S/C13H16N2/c1-10(2)9-11-3-5-12(6-4-11)13-7-8-14-15-13/h3-8,10H,9H2,1-2H3,(H,14,15). The Morgan fingerprint density at radius 2 is 1.87 bits per heavy atom. The molecule has 0 atom stereocenters. The number of nitrogens with zero attached hydrogens (tertiary/aromatic N) is 1. The van der Waals surface area contributed by atoms with Crippen molar-refractivity contribution in [3.63, 3.8) is 0 Å². The minimum absolute atomic E-state index is 0.711. The Kier molecular flexibility index (Phi) is 2.86. The molecule has 2 heteroatoms. The van der Waals surface area contributed by atoms with E-state index in [1.54, 1.807) is 6.20 Å². The zero-order valence-corrected chi connectivity index (χ0v) is 9.20. The summed E-state index contributed by atoms with van der Waals surface area (Å²) in [7, 11) is 0. The molecule has 0 fully saturated rings. The van der Waals surface area contributed by atoms with Crippen LogP contribution >= 0.6 is 0 Å². The third-order valence-electron chi connectivity index (χ3n) is 2.41. The van der Waals surface area contributed by atoms with E-state index in [1.165, 1.54) is 11.1 Å². The van der Waals surface area contributed by atoms with Gasteiger partial charge in [0.25, 0.3) is 0 Å². The van der Waals surface area contributed by atoms with Gasteiger partial charge in [0.15, 0.2) is 0 Å². The second-order valence-corrected chi connectivity index (χ2v) is 4.27. The smallest absolute Gasteiger partial charge is 0.0650 e. The van der Waals surface area contributed by atoms with Gasteiger partial charge in [0.2, 0.25) is 0 Å². The lowest BCUT2D eigenvalue weighted by atomic mass is 10.0. The molecule has 0 amide bonds. The van der Waals surface area contributed by atoms with Crippen molar-refractivity contribution < 1.29 is 0 Å². The molecule has 78 valence electrons. The van der Waals surface area contributed by atoms with Crippen molar-refractivity contribution in [3.05, 3.63) is 42.1 Å². The van der Waals surface area contributed by atoms with Gasteiger partial charge in [0.05, 0.1) is 5.69 Å². The summed E-state index contributed by atoms with van der Waals surface area (Å²) in [6.07, 6.45) is 2.92. The third kappa shape index (κ3) is 2.46. The Morgan fingerprint density at radius 1 is 1.13 bits per heavy atom. The number of aromatic amines is 1. The summed E-state index contributed by atoms with van der Waals surface area (Å²) in [5, 5.41) is 6.91. The lowest BCUT2D eigenvalue weighted by molar-refractivity contribution is 0.647. The fraction of sp³-hybridized carbons (Fsp3) is 0.308. The highest BCUT2D eigenvalue weighted by molar-refractivity contribution is 5.58. The minimum atomic E-state index is 0.711. The van der Waals surface area contributed by atoms with E-state index in [2.05, 4.69) is 48.3 Å². The summed E-state index contributed by atoms with van der Waals surface area (Å²) >= 11 is 0. The third-order valence-corrected chi connectivity index (χ3v) is 2.41. The van der Waals surface area contributed by atoms with Crippen LogP contribution in [0.4, 0.5) is 0 Å². The summed E-state index contributed by atoms with van der Waals surface area (Å²) in [4.78, 5) is 0. The number of aromatic nitrogens is 2. The molecule has 0 aliphatic rings. The Bertz CT molecular complexity index is 399. The van der Waals surface area contributed by atoms with E-state index in [-0.39, 0.29) is 0 Å². The molecule has 0 spiro atoms. The summed E-state index contributed by atoms with van der Waals surface area (Å²) in [6.45, 7) is 4.48. The van der Waals surface area contributed by atoms with Crippen molar-refractivity contribution in [1.82, 2.24) is 10.2 Å². The van der Waals surface area contributed by atoms with Crippen molar-refractivity contribution >= 4 is 0 Å². The maximum atomic E-state index is 3.94. The second-order valence-electron chi connectivity index (χ2n) is 4.27. The minimum Gasteiger partial charge on any atom is -0.278 e. The molecule has 0 aliphatic carbocycles. The van der Waals surface area contributed by atoms with Gasteiger partial charge < -0.3 is 0 Å².